The van der Waals surface area contributed by atoms with Crippen molar-refractivity contribution in [1.29, 1.82) is 0 Å². The summed E-state index contributed by atoms with van der Waals surface area (Å²) in [5.41, 5.74) is 0. The summed E-state index contributed by atoms with van der Waals surface area (Å²) < 4.78 is 0. The van der Waals surface area contributed by atoms with Gasteiger partial charge in [0.05, 0.1) is 0 Å². The van der Waals surface area contributed by atoms with Crippen molar-refractivity contribution >= 4 is 23.6 Å². The van der Waals surface area contributed by atoms with E-state index in [2.05, 4.69) is 42.9 Å². The van der Waals surface area contributed by atoms with Crippen LogP contribution in [0.25, 0.3) is 0 Å². The van der Waals surface area contributed by atoms with Gasteiger partial charge in [0.15, 0.2) is 5.96 Å². The largest absolute Gasteiger partial charge is 0.354 e. The Kier molecular flexibility index (Phi) is 8.07. The number of carbonyl (C=O) groups is 1. The van der Waals surface area contributed by atoms with Crippen LogP contribution in [0.15, 0.2) is 4.99 Å². The van der Waals surface area contributed by atoms with Gasteiger partial charge in [-0.15, -0.1) is 0 Å². The first-order valence-electron chi connectivity index (χ1n) is 8.22. The molecule has 0 aromatic heterocycles. The molecule has 1 N–H and O–H groups in total. The lowest BCUT2D eigenvalue weighted by atomic mass is 10.1. The maximum Gasteiger partial charge on any atom is 0.243 e. The van der Waals surface area contributed by atoms with E-state index in [1.54, 1.807) is 19.0 Å². The normalized spacial score (nSPS) is 21.0. The zero-order chi connectivity index (χ0) is 16.7. The van der Waals surface area contributed by atoms with Crippen molar-refractivity contribution in [3.05, 3.63) is 0 Å². The van der Waals surface area contributed by atoms with Crippen LogP contribution in [0, 0.1) is 5.92 Å². The second kappa shape index (κ2) is 9.28. The summed E-state index contributed by atoms with van der Waals surface area (Å²) in [5.74, 6) is 2.69. The van der Waals surface area contributed by atoms with Gasteiger partial charge in [-0.2, -0.15) is 11.8 Å². The molecule has 1 amide bonds. The van der Waals surface area contributed by atoms with Gasteiger partial charge < -0.3 is 15.1 Å². The minimum Gasteiger partial charge on any atom is -0.354 e. The highest BCUT2D eigenvalue weighted by molar-refractivity contribution is 8.00. The van der Waals surface area contributed by atoms with Crippen LogP contribution >= 0.6 is 11.8 Å². The quantitative estimate of drug-likeness (QED) is 0.618. The highest BCUT2D eigenvalue weighted by Crippen LogP contribution is 2.24. The van der Waals surface area contributed by atoms with Crippen molar-refractivity contribution in [1.82, 2.24) is 15.1 Å². The van der Waals surface area contributed by atoms with Gasteiger partial charge in [0, 0.05) is 44.2 Å². The standard InChI is InChI=1S/C16H32N4OS/c1-7-13(4)18-16(17-10-15(21)19(5)6)20-8-9-22-14(11-20)12(2)3/h12-14H,7-11H2,1-6H3,(H,17,18). The first-order chi connectivity index (χ1) is 10.3. The van der Waals surface area contributed by atoms with Crippen molar-refractivity contribution in [2.45, 2.75) is 45.4 Å². The molecule has 0 saturated carbocycles. The lowest BCUT2D eigenvalue weighted by molar-refractivity contribution is -0.127. The molecule has 1 heterocycles. The average molecular weight is 329 g/mol. The van der Waals surface area contributed by atoms with Crippen LogP contribution in [0.2, 0.25) is 0 Å². The van der Waals surface area contributed by atoms with Crippen molar-refractivity contribution in [2.24, 2.45) is 10.9 Å². The molecule has 0 bridgehead atoms. The Labute approximate surface area is 139 Å². The summed E-state index contributed by atoms with van der Waals surface area (Å²) in [6.45, 7) is 11.1. The molecular weight excluding hydrogens is 296 g/mol. The minimum absolute atomic E-state index is 0.0373. The van der Waals surface area contributed by atoms with Gasteiger partial charge in [-0.05, 0) is 19.3 Å². The molecule has 0 aromatic carbocycles. The van der Waals surface area contributed by atoms with Gasteiger partial charge in [-0.3, -0.25) is 4.79 Å². The molecule has 2 unspecified atom stereocenters. The first-order valence-corrected chi connectivity index (χ1v) is 9.27. The lowest BCUT2D eigenvalue weighted by Crippen LogP contribution is -2.51. The third-order valence-electron chi connectivity index (χ3n) is 3.99. The van der Waals surface area contributed by atoms with E-state index < -0.39 is 0 Å². The third kappa shape index (κ3) is 6.07. The molecule has 128 valence electrons. The van der Waals surface area contributed by atoms with Crippen LogP contribution in [-0.4, -0.2) is 72.4 Å². The number of likely N-dealkylation sites (N-methyl/N-ethyl adjacent to an activating group) is 1. The van der Waals surface area contributed by atoms with Gasteiger partial charge in [-0.1, -0.05) is 20.8 Å². The topological polar surface area (TPSA) is 47.9 Å². The highest BCUT2D eigenvalue weighted by atomic mass is 32.2. The zero-order valence-electron chi connectivity index (χ0n) is 14.9. The number of hydrogen-bond acceptors (Lipinski definition) is 3. The summed E-state index contributed by atoms with van der Waals surface area (Å²) in [6.07, 6.45) is 1.04. The number of rotatable bonds is 5. The smallest absolute Gasteiger partial charge is 0.243 e. The SMILES string of the molecule is CCC(C)NC(=NCC(=O)N(C)C)N1CCSC(C(C)C)C1. The molecule has 22 heavy (non-hydrogen) atoms. The molecule has 1 rings (SSSR count). The Bertz CT molecular complexity index is 384. The van der Waals surface area contributed by atoms with E-state index in [9.17, 15) is 4.79 Å². The molecule has 1 aliphatic heterocycles. The summed E-state index contributed by atoms with van der Waals surface area (Å²) in [7, 11) is 3.54. The Hall–Kier alpha value is -0.910. The van der Waals surface area contributed by atoms with Gasteiger partial charge in [0.25, 0.3) is 0 Å². The molecular formula is C16H32N4OS. The molecule has 5 nitrogen and oxygen atoms in total. The van der Waals surface area contributed by atoms with Crippen LogP contribution in [0.1, 0.15) is 34.1 Å². The summed E-state index contributed by atoms with van der Waals surface area (Å²) in [5, 5.41) is 4.11. The van der Waals surface area contributed by atoms with Crippen LogP contribution in [-0.2, 0) is 4.79 Å². The maximum atomic E-state index is 11.8. The second-order valence-corrected chi connectivity index (χ2v) is 7.83. The van der Waals surface area contributed by atoms with E-state index in [0.29, 0.717) is 17.2 Å². The predicted octanol–water partition coefficient (Wildman–Crippen LogP) is 1.89. The van der Waals surface area contributed by atoms with Gasteiger partial charge in [-0.25, -0.2) is 4.99 Å². The first kappa shape index (κ1) is 19.1. The summed E-state index contributed by atoms with van der Waals surface area (Å²) in [6, 6.07) is 0.361. The van der Waals surface area contributed by atoms with E-state index in [1.165, 1.54) is 0 Å². The number of amides is 1. The molecule has 6 heteroatoms. The van der Waals surface area contributed by atoms with E-state index in [4.69, 9.17) is 0 Å². The van der Waals surface area contributed by atoms with Crippen molar-refractivity contribution in [2.75, 3.05) is 39.5 Å². The third-order valence-corrected chi connectivity index (χ3v) is 5.53. The number of aliphatic imine (C=N–C) groups is 1. The maximum absolute atomic E-state index is 11.8. The number of nitrogens with one attached hydrogen (secondary N) is 1. The Morgan fingerprint density at radius 1 is 1.41 bits per heavy atom. The fourth-order valence-corrected chi connectivity index (χ4v) is 3.41. The monoisotopic (exact) mass is 328 g/mol. The van der Waals surface area contributed by atoms with E-state index in [1.807, 2.05) is 11.8 Å². The molecule has 0 aliphatic carbocycles. The molecule has 1 fully saturated rings. The van der Waals surface area contributed by atoms with Crippen molar-refractivity contribution in [3.63, 3.8) is 0 Å². The molecule has 2 atom stereocenters. The van der Waals surface area contributed by atoms with Crippen LogP contribution in [0.5, 0.6) is 0 Å². The van der Waals surface area contributed by atoms with Gasteiger partial charge in [0.2, 0.25) is 5.91 Å². The predicted molar refractivity (Wildman–Crippen MR) is 96.5 cm³/mol. The minimum atomic E-state index is 0.0373. The number of guanidine groups is 1. The van der Waals surface area contributed by atoms with Crippen LogP contribution in [0.3, 0.4) is 0 Å². The highest BCUT2D eigenvalue weighted by Gasteiger charge is 2.25. The molecule has 1 saturated heterocycles. The lowest BCUT2D eigenvalue weighted by Gasteiger charge is -2.37. The summed E-state index contributed by atoms with van der Waals surface area (Å²) in [4.78, 5) is 20.3. The van der Waals surface area contributed by atoms with E-state index in [0.717, 1.165) is 31.2 Å². The number of thioether (sulfide) groups is 1. The fourth-order valence-electron chi connectivity index (χ4n) is 2.11. The number of carbonyl (C=O) groups excluding carboxylic acids is 1. The van der Waals surface area contributed by atoms with Gasteiger partial charge >= 0.3 is 0 Å². The van der Waals surface area contributed by atoms with Crippen LogP contribution in [0.4, 0.5) is 0 Å². The second-order valence-electron chi connectivity index (χ2n) is 6.48. The van der Waals surface area contributed by atoms with Gasteiger partial charge in [0.1, 0.15) is 6.54 Å². The number of hydrogen-bond donors (Lipinski definition) is 1. The Morgan fingerprint density at radius 2 is 2.09 bits per heavy atom. The molecule has 0 aromatic rings. The molecule has 0 spiro atoms. The summed E-state index contributed by atoms with van der Waals surface area (Å²) >= 11 is 2.05. The van der Waals surface area contributed by atoms with E-state index in [-0.39, 0.29) is 12.5 Å². The van der Waals surface area contributed by atoms with Crippen LogP contribution < -0.4 is 5.32 Å². The van der Waals surface area contributed by atoms with Crippen molar-refractivity contribution < 1.29 is 4.79 Å². The van der Waals surface area contributed by atoms with E-state index >= 15 is 0 Å². The molecule has 1 aliphatic rings. The Morgan fingerprint density at radius 3 is 2.64 bits per heavy atom. The fraction of sp³-hybridized carbons (Fsp3) is 0.875. The average Bonchev–Trinajstić information content (AvgIpc) is 2.50. The number of nitrogens with zero attached hydrogens (tertiary/aromatic N) is 3. The Balaban J connectivity index is 2.79. The zero-order valence-corrected chi connectivity index (χ0v) is 15.7. The molecule has 0 radical (unpaired) electrons. The van der Waals surface area contributed by atoms with Crippen molar-refractivity contribution in [3.8, 4) is 0 Å².